The van der Waals surface area contributed by atoms with Crippen LogP contribution in [0.3, 0.4) is 0 Å². The molecule has 0 fully saturated rings. The molecular formula is C18H19NO2. The fourth-order valence-corrected chi connectivity index (χ4v) is 2.03. The van der Waals surface area contributed by atoms with Crippen molar-refractivity contribution < 1.29 is 9.53 Å². The van der Waals surface area contributed by atoms with Gasteiger partial charge in [0.05, 0.1) is 7.11 Å². The third kappa shape index (κ3) is 3.72. The highest BCUT2D eigenvalue weighted by molar-refractivity contribution is 6.09. The highest BCUT2D eigenvalue weighted by atomic mass is 16.5. The molecule has 108 valence electrons. The lowest BCUT2D eigenvalue weighted by Crippen LogP contribution is -2.04. The first kappa shape index (κ1) is 14.9. The van der Waals surface area contributed by atoms with Crippen LogP contribution in [0, 0.1) is 0 Å². The summed E-state index contributed by atoms with van der Waals surface area (Å²) in [5, 5.41) is 0. The number of allylic oxidation sites excluding steroid dienone is 1. The Balaban J connectivity index is 2.48. The van der Waals surface area contributed by atoms with Gasteiger partial charge < -0.3 is 9.64 Å². The number of methoxy groups -OCH3 is 1. The van der Waals surface area contributed by atoms with Gasteiger partial charge in [0.25, 0.3) is 0 Å². The van der Waals surface area contributed by atoms with Gasteiger partial charge in [-0.2, -0.15) is 0 Å². The molecule has 0 spiro atoms. The lowest BCUT2D eigenvalue weighted by atomic mass is 9.96. The van der Waals surface area contributed by atoms with Gasteiger partial charge in [-0.05, 0) is 29.3 Å². The predicted octanol–water partition coefficient (Wildman–Crippen LogP) is 3.62. The maximum Gasteiger partial charge on any atom is 0.188 e. The quantitative estimate of drug-likeness (QED) is 0.619. The van der Waals surface area contributed by atoms with E-state index in [9.17, 15) is 4.79 Å². The lowest BCUT2D eigenvalue weighted by Gasteiger charge is -2.10. The number of rotatable bonds is 5. The van der Waals surface area contributed by atoms with Gasteiger partial charge in [-0.3, -0.25) is 4.79 Å². The van der Waals surface area contributed by atoms with Gasteiger partial charge in [-0.15, -0.1) is 0 Å². The minimum atomic E-state index is -0.0403. The summed E-state index contributed by atoms with van der Waals surface area (Å²) >= 11 is 0. The van der Waals surface area contributed by atoms with Crippen molar-refractivity contribution in [2.45, 2.75) is 0 Å². The van der Waals surface area contributed by atoms with Crippen molar-refractivity contribution in [3.05, 3.63) is 66.4 Å². The summed E-state index contributed by atoms with van der Waals surface area (Å²) in [5.74, 6) is 0.637. The molecule has 0 aliphatic carbocycles. The van der Waals surface area contributed by atoms with E-state index in [1.165, 1.54) is 0 Å². The van der Waals surface area contributed by atoms with E-state index >= 15 is 0 Å². The molecule has 0 aromatic heterocycles. The number of carbonyl (C=O) groups excluding carboxylic acids is 1. The van der Waals surface area contributed by atoms with E-state index in [1.807, 2.05) is 61.5 Å². The first-order valence-electron chi connectivity index (χ1n) is 6.74. The molecule has 0 aliphatic heterocycles. The summed E-state index contributed by atoms with van der Waals surface area (Å²) < 4.78 is 5.23. The first-order valence-corrected chi connectivity index (χ1v) is 6.74. The molecule has 2 aromatic rings. The van der Waals surface area contributed by atoms with Gasteiger partial charge in [0.2, 0.25) is 0 Å². The smallest absolute Gasteiger partial charge is 0.188 e. The molecule has 3 nitrogen and oxygen atoms in total. The van der Waals surface area contributed by atoms with E-state index in [1.54, 1.807) is 25.5 Å². The van der Waals surface area contributed by atoms with Crippen molar-refractivity contribution in [1.29, 1.82) is 0 Å². The van der Waals surface area contributed by atoms with E-state index in [-0.39, 0.29) is 5.78 Å². The third-order valence-corrected chi connectivity index (χ3v) is 3.10. The summed E-state index contributed by atoms with van der Waals surface area (Å²) in [7, 11) is 5.36. The van der Waals surface area contributed by atoms with Gasteiger partial charge in [-0.1, -0.05) is 30.3 Å². The second-order valence-corrected chi connectivity index (χ2v) is 4.92. The number of carbonyl (C=O) groups is 1. The second-order valence-electron chi connectivity index (χ2n) is 4.92. The van der Waals surface area contributed by atoms with Crippen LogP contribution in [0.2, 0.25) is 0 Å². The fraction of sp³-hybridized carbons (Fsp3) is 0.167. The maximum absolute atomic E-state index is 12.4. The maximum atomic E-state index is 12.4. The first-order chi connectivity index (χ1) is 10.1. The third-order valence-electron chi connectivity index (χ3n) is 3.10. The Hall–Kier alpha value is -2.55. The molecule has 21 heavy (non-hydrogen) atoms. The van der Waals surface area contributed by atoms with E-state index in [0.717, 1.165) is 11.1 Å². The monoisotopic (exact) mass is 281 g/mol. The van der Waals surface area contributed by atoms with Gasteiger partial charge in [0.15, 0.2) is 5.78 Å². The molecule has 3 heteroatoms. The minimum absolute atomic E-state index is 0.0403. The Kier molecular flexibility index (Phi) is 4.77. The highest BCUT2D eigenvalue weighted by Gasteiger charge is 2.12. The van der Waals surface area contributed by atoms with Gasteiger partial charge >= 0.3 is 0 Å². The fourth-order valence-electron chi connectivity index (χ4n) is 2.03. The van der Waals surface area contributed by atoms with Crippen molar-refractivity contribution in [2.75, 3.05) is 21.2 Å². The zero-order chi connectivity index (χ0) is 15.2. The molecule has 0 unspecified atom stereocenters. The van der Waals surface area contributed by atoms with Crippen LogP contribution < -0.4 is 4.74 Å². The molecule has 0 aliphatic rings. The summed E-state index contributed by atoms with van der Waals surface area (Å²) in [6.45, 7) is 0. The van der Waals surface area contributed by atoms with Crippen LogP contribution >= 0.6 is 0 Å². The topological polar surface area (TPSA) is 29.5 Å². The van der Waals surface area contributed by atoms with Crippen molar-refractivity contribution in [2.24, 2.45) is 0 Å². The van der Waals surface area contributed by atoms with Gasteiger partial charge in [0.1, 0.15) is 5.75 Å². The van der Waals surface area contributed by atoms with Crippen LogP contribution in [0.15, 0.2) is 60.8 Å². The average Bonchev–Trinajstić information content (AvgIpc) is 2.52. The van der Waals surface area contributed by atoms with E-state index < -0.39 is 0 Å². The van der Waals surface area contributed by atoms with Crippen molar-refractivity contribution in [3.8, 4) is 16.9 Å². The molecule has 0 saturated carbocycles. The standard InChI is InChI=1S/C18H19NO2/c1-19(2)12-11-18(20)17-13-15(21-3)9-10-16(17)14-7-5-4-6-8-14/h4-13H,1-3H3/b12-11+. The molecule has 0 amide bonds. The Morgan fingerprint density at radius 3 is 2.43 bits per heavy atom. The largest absolute Gasteiger partial charge is 0.497 e. The lowest BCUT2D eigenvalue weighted by molar-refractivity contribution is 0.104. The minimum Gasteiger partial charge on any atom is -0.497 e. The van der Waals surface area contributed by atoms with E-state index in [0.29, 0.717) is 11.3 Å². The number of benzene rings is 2. The zero-order valence-electron chi connectivity index (χ0n) is 12.5. The molecule has 0 bridgehead atoms. The summed E-state index contributed by atoms with van der Waals surface area (Å²) in [6, 6.07) is 15.4. The normalized spacial score (nSPS) is 10.6. The second kappa shape index (κ2) is 6.75. The summed E-state index contributed by atoms with van der Waals surface area (Å²) in [6.07, 6.45) is 3.32. The average molecular weight is 281 g/mol. The predicted molar refractivity (Wildman–Crippen MR) is 85.6 cm³/mol. The molecule has 0 heterocycles. The number of hydrogen-bond donors (Lipinski definition) is 0. The van der Waals surface area contributed by atoms with Gasteiger partial charge in [0, 0.05) is 31.9 Å². The van der Waals surface area contributed by atoms with Crippen LogP contribution in [-0.4, -0.2) is 31.9 Å². The number of hydrogen-bond acceptors (Lipinski definition) is 3. The molecule has 0 N–H and O–H groups in total. The molecular weight excluding hydrogens is 262 g/mol. The Bertz CT molecular complexity index is 646. The molecule has 2 aromatic carbocycles. The summed E-state index contributed by atoms with van der Waals surface area (Å²) in [4.78, 5) is 14.3. The van der Waals surface area contributed by atoms with Crippen molar-refractivity contribution in [3.63, 3.8) is 0 Å². The SMILES string of the molecule is COc1ccc(-c2ccccc2)c(C(=O)/C=C/N(C)C)c1. The summed E-state index contributed by atoms with van der Waals surface area (Å²) in [5.41, 5.74) is 2.56. The van der Waals surface area contributed by atoms with Crippen molar-refractivity contribution >= 4 is 5.78 Å². The molecule has 0 radical (unpaired) electrons. The van der Waals surface area contributed by atoms with Gasteiger partial charge in [-0.25, -0.2) is 0 Å². The number of ether oxygens (including phenoxy) is 1. The number of ketones is 1. The Labute approximate surface area is 125 Å². The van der Waals surface area contributed by atoms with E-state index in [2.05, 4.69) is 0 Å². The molecule has 2 rings (SSSR count). The molecule has 0 atom stereocenters. The van der Waals surface area contributed by atoms with E-state index in [4.69, 9.17) is 4.74 Å². The van der Waals surface area contributed by atoms with Crippen LogP contribution in [0.5, 0.6) is 5.75 Å². The van der Waals surface area contributed by atoms with Crippen LogP contribution in [0.4, 0.5) is 0 Å². The van der Waals surface area contributed by atoms with Crippen LogP contribution in [-0.2, 0) is 0 Å². The Morgan fingerprint density at radius 1 is 1.10 bits per heavy atom. The van der Waals surface area contributed by atoms with Crippen LogP contribution in [0.25, 0.3) is 11.1 Å². The zero-order valence-corrected chi connectivity index (χ0v) is 12.5. The Morgan fingerprint density at radius 2 is 1.81 bits per heavy atom. The number of nitrogens with zero attached hydrogens (tertiary/aromatic N) is 1. The highest BCUT2D eigenvalue weighted by Crippen LogP contribution is 2.28. The van der Waals surface area contributed by atoms with Crippen LogP contribution in [0.1, 0.15) is 10.4 Å². The van der Waals surface area contributed by atoms with Crippen molar-refractivity contribution in [1.82, 2.24) is 4.90 Å². The molecule has 0 saturated heterocycles.